The molecule has 2 nitrogen and oxygen atoms in total. The number of hydrogen-bond donors (Lipinski definition) is 1. The zero-order valence-corrected chi connectivity index (χ0v) is 11.8. The van der Waals surface area contributed by atoms with E-state index in [1.807, 2.05) is 12.1 Å². The molecule has 0 heterocycles. The molecule has 0 aromatic heterocycles. The van der Waals surface area contributed by atoms with Crippen LogP contribution in [0.3, 0.4) is 0 Å². The lowest BCUT2D eigenvalue weighted by molar-refractivity contribution is 0.0971. The Morgan fingerprint density at radius 1 is 1.19 bits per heavy atom. The van der Waals surface area contributed by atoms with Gasteiger partial charge in [0.15, 0.2) is 5.78 Å². The van der Waals surface area contributed by atoms with Crippen LogP contribution in [0.4, 0.5) is 10.1 Å². The van der Waals surface area contributed by atoms with Gasteiger partial charge in [0.2, 0.25) is 0 Å². The highest BCUT2D eigenvalue weighted by Gasteiger charge is 2.24. The van der Waals surface area contributed by atoms with Crippen LogP contribution in [0.5, 0.6) is 0 Å². The Bertz CT molecular complexity index is 681. The largest absolute Gasteiger partial charge is 0.396 e. The molecule has 0 aliphatic heterocycles. The second-order valence-corrected chi connectivity index (χ2v) is 5.62. The Morgan fingerprint density at radius 3 is 2.86 bits per heavy atom. The average molecular weight is 283 g/mol. The lowest BCUT2D eigenvalue weighted by atomic mass is 9.79. The number of rotatable bonds is 3. The fraction of sp³-hybridized carbons (Fsp3) is 0.278. The van der Waals surface area contributed by atoms with Gasteiger partial charge in [-0.05, 0) is 48.4 Å². The lowest BCUT2D eigenvalue weighted by Crippen LogP contribution is -2.15. The maximum Gasteiger partial charge on any atom is 0.165 e. The summed E-state index contributed by atoms with van der Waals surface area (Å²) < 4.78 is 13.5. The zero-order valence-electron chi connectivity index (χ0n) is 11.8. The van der Waals surface area contributed by atoms with Gasteiger partial charge in [-0.15, -0.1) is 0 Å². The first-order valence-electron chi connectivity index (χ1n) is 7.32. The first kappa shape index (κ1) is 13.8. The van der Waals surface area contributed by atoms with E-state index in [2.05, 4.69) is 12.1 Å². The number of para-hydroxylation sites is 1. The normalized spacial score (nSPS) is 17.3. The molecule has 0 amide bonds. The Balaban J connectivity index is 1.85. The predicted octanol–water partition coefficient (Wildman–Crippen LogP) is 4.10. The third-order valence-electron chi connectivity index (χ3n) is 4.28. The highest BCUT2D eigenvalue weighted by molar-refractivity contribution is 6.01. The number of aryl methyl sites for hydroxylation is 1. The highest BCUT2D eigenvalue weighted by Crippen LogP contribution is 2.35. The molecule has 3 heteroatoms. The number of nitrogen functional groups attached to an aromatic ring is 1. The van der Waals surface area contributed by atoms with Crippen molar-refractivity contribution in [1.29, 1.82) is 0 Å². The molecular weight excluding hydrogens is 265 g/mol. The smallest absolute Gasteiger partial charge is 0.165 e. The number of carbonyl (C=O) groups is 1. The molecule has 0 saturated carbocycles. The minimum Gasteiger partial charge on any atom is -0.396 e. The maximum atomic E-state index is 13.5. The fourth-order valence-electron chi connectivity index (χ4n) is 3.18. The maximum absolute atomic E-state index is 13.5. The van der Waals surface area contributed by atoms with Crippen molar-refractivity contribution in [2.24, 2.45) is 0 Å². The van der Waals surface area contributed by atoms with Crippen molar-refractivity contribution in [1.82, 2.24) is 0 Å². The first-order valence-corrected chi connectivity index (χ1v) is 7.32. The first-order chi connectivity index (χ1) is 10.2. The molecule has 2 aromatic carbocycles. The number of ketones is 1. The second kappa shape index (κ2) is 5.68. The number of nitrogens with two attached hydrogens (primary N) is 1. The molecule has 1 aliphatic rings. The molecule has 1 atom stereocenters. The predicted molar refractivity (Wildman–Crippen MR) is 81.9 cm³/mol. The molecule has 0 bridgehead atoms. The van der Waals surface area contributed by atoms with E-state index in [4.69, 9.17) is 5.73 Å². The van der Waals surface area contributed by atoms with Gasteiger partial charge < -0.3 is 5.73 Å². The number of hydrogen-bond acceptors (Lipinski definition) is 2. The van der Waals surface area contributed by atoms with E-state index < -0.39 is 5.82 Å². The van der Waals surface area contributed by atoms with Gasteiger partial charge in [-0.2, -0.15) is 0 Å². The standard InChI is InChI=1S/C18H18FNO/c19-16-10-4-9-15(18(16)20)17(21)11-13-7-3-6-12-5-1-2-8-14(12)13/h1-2,4-5,8-10,13H,3,6-7,11,20H2. The second-order valence-electron chi connectivity index (χ2n) is 5.62. The Morgan fingerprint density at radius 2 is 2.00 bits per heavy atom. The molecule has 0 radical (unpaired) electrons. The minimum absolute atomic E-state index is 0.0356. The van der Waals surface area contributed by atoms with Crippen molar-refractivity contribution in [3.8, 4) is 0 Å². The van der Waals surface area contributed by atoms with E-state index >= 15 is 0 Å². The van der Waals surface area contributed by atoms with E-state index in [1.54, 1.807) is 6.07 Å². The molecular formula is C18H18FNO. The molecule has 2 N–H and O–H groups in total. The number of halogens is 1. The molecule has 21 heavy (non-hydrogen) atoms. The summed E-state index contributed by atoms with van der Waals surface area (Å²) in [4.78, 5) is 12.4. The summed E-state index contributed by atoms with van der Waals surface area (Å²) in [5, 5.41) is 0. The van der Waals surface area contributed by atoms with Gasteiger partial charge >= 0.3 is 0 Å². The van der Waals surface area contributed by atoms with Gasteiger partial charge in [0, 0.05) is 12.0 Å². The number of anilines is 1. The van der Waals surface area contributed by atoms with Gasteiger partial charge in [-0.25, -0.2) is 4.39 Å². The van der Waals surface area contributed by atoms with Crippen molar-refractivity contribution in [2.75, 3.05) is 5.73 Å². The van der Waals surface area contributed by atoms with Crippen molar-refractivity contribution in [3.05, 3.63) is 65.0 Å². The molecule has 3 rings (SSSR count). The van der Waals surface area contributed by atoms with Crippen LogP contribution >= 0.6 is 0 Å². The van der Waals surface area contributed by atoms with Crippen molar-refractivity contribution in [3.63, 3.8) is 0 Å². The van der Waals surface area contributed by atoms with Crippen LogP contribution in [0.25, 0.3) is 0 Å². The van der Waals surface area contributed by atoms with Crippen LogP contribution in [0.1, 0.15) is 46.7 Å². The van der Waals surface area contributed by atoms with E-state index in [0.717, 1.165) is 19.3 Å². The van der Waals surface area contributed by atoms with Gasteiger partial charge in [0.25, 0.3) is 0 Å². The molecule has 2 aromatic rings. The Kier molecular flexibility index (Phi) is 3.74. The lowest BCUT2D eigenvalue weighted by Gasteiger charge is -2.25. The van der Waals surface area contributed by atoms with E-state index in [0.29, 0.717) is 12.0 Å². The van der Waals surface area contributed by atoms with Crippen molar-refractivity contribution >= 4 is 11.5 Å². The molecule has 0 fully saturated rings. The number of fused-ring (bicyclic) bond motifs is 1. The monoisotopic (exact) mass is 283 g/mol. The van der Waals surface area contributed by atoms with Gasteiger partial charge in [-0.1, -0.05) is 30.3 Å². The molecule has 0 spiro atoms. The zero-order chi connectivity index (χ0) is 14.8. The molecule has 0 saturated heterocycles. The van der Waals surface area contributed by atoms with Crippen LogP contribution in [0.15, 0.2) is 42.5 Å². The van der Waals surface area contributed by atoms with Crippen LogP contribution in [-0.2, 0) is 6.42 Å². The quantitative estimate of drug-likeness (QED) is 0.680. The third-order valence-corrected chi connectivity index (χ3v) is 4.28. The van der Waals surface area contributed by atoms with Crippen molar-refractivity contribution < 1.29 is 9.18 Å². The van der Waals surface area contributed by atoms with E-state index in [1.165, 1.54) is 23.3 Å². The molecule has 1 aliphatic carbocycles. The Hall–Kier alpha value is -2.16. The Labute approximate surface area is 123 Å². The summed E-state index contributed by atoms with van der Waals surface area (Å²) in [6.45, 7) is 0. The summed E-state index contributed by atoms with van der Waals surface area (Å²) in [6, 6.07) is 12.7. The summed E-state index contributed by atoms with van der Waals surface area (Å²) >= 11 is 0. The average Bonchev–Trinajstić information content (AvgIpc) is 2.50. The third kappa shape index (κ3) is 2.68. The van der Waals surface area contributed by atoms with E-state index in [9.17, 15) is 9.18 Å². The van der Waals surface area contributed by atoms with E-state index in [-0.39, 0.29) is 17.4 Å². The molecule has 1 unspecified atom stereocenters. The summed E-state index contributed by atoms with van der Waals surface area (Å²) in [5.41, 5.74) is 8.54. The molecule has 108 valence electrons. The highest BCUT2D eigenvalue weighted by atomic mass is 19.1. The summed E-state index contributed by atoms with van der Waals surface area (Å²) in [7, 11) is 0. The van der Waals surface area contributed by atoms with Crippen molar-refractivity contribution in [2.45, 2.75) is 31.6 Å². The van der Waals surface area contributed by atoms with Gasteiger partial charge in [0.05, 0.1) is 5.69 Å². The minimum atomic E-state index is -0.523. The van der Waals surface area contributed by atoms with Gasteiger partial charge in [0.1, 0.15) is 5.82 Å². The summed E-state index contributed by atoms with van der Waals surface area (Å²) in [6.07, 6.45) is 3.55. The SMILES string of the molecule is Nc1c(F)cccc1C(=O)CC1CCCc2ccccc21. The van der Waals surface area contributed by atoms with Crippen LogP contribution in [-0.4, -0.2) is 5.78 Å². The van der Waals surface area contributed by atoms with Crippen LogP contribution in [0, 0.1) is 5.82 Å². The fourth-order valence-corrected chi connectivity index (χ4v) is 3.18. The van der Waals surface area contributed by atoms with Crippen LogP contribution < -0.4 is 5.73 Å². The van der Waals surface area contributed by atoms with Crippen LogP contribution in [0.2, 0.25) is 0 Å². The number of carbonyl (C=O) groups excluding carboxylic acids is 1. The topological polar surface area (TPSA) is 43.1 Å². The number of benzene rings is 2. The number of Topliss-reactive ketones (excluding diaryl/α,β-unsaturated/α-hetero) is 1. The van der Waals surface area contributed by atoms with Gasteiger partial charge in [-0.3, -0.25) is 4.79 Å². The summed E-state index contributed by atoms with van der Waals surface area (Å²) in [5.74, 6) is -0.385.